The zero-order chi connectivity index (χ0) is 14.2. The van der Waals surface area contributed by atoms with Crippen LogP contribution in [0.4, 0.5) is 4.39 Å². The summed E-state index contributed by atoms with van der Waals surface area (Å²) < 4.78 is 45.7. The summed E-state index contributed by atoms with van der Waals surface area (Å²) in [5.41, 5.74) is -1.50. The molecule has 1 aromatic carbocycles. The van der Waals surface area contributed by atoms with Gasteiger partial charge in [0, 0.05) is 5.56 Å². The van der Waals surface area contributed by atoms with Crippen LogP contribution in [0.15, 0.2) is 9.21 Å². The fourth-order valence-corrected chi connectivity index (χ4v) is 3.65. The predicted molar refractivity (Wildman–Crippen MR) is 62.8 cm³/mol. The molecule has 5 rings (SSSR count). The number of phenols is 1. The van der Waals surface area contributed by atoms with Gasteiger partial charge in [-0.25, -0.2) is 9.36 Å². The summed E-state index contributed by atoms with van der Waals surface area (Å²) >= 11 is 5.78. The maximum atomic E-state index is 14.0. The quantitative estimate of drug-likeness (QED) is 0.589. The summed E-state index contributed by atoms with van der Waals surface area (Å²) in [6, 6.07) is 0. The molecule has 1 atom stereocenters. The second kappa shape index (κ2) is 3.46. The lowest BCUT2D eigenvalue weighted by Crippen LogP contribution is -2.15. The summed E-state index contributed by atoms with van der Waals surface area (Å²) in [4.78, 5) is 11.7. The molecule has 0 fully saturated rings. The largest absolute Gasteiger partial charge is 0.588 e. The number of benzene rings is 1. The topological polar surface area (TPSA) is 95.2 Å². The number of phosphoric ester groups is 1. The fourth-order valence-electron chi connectivity index (χ4n) is 2.13. The van der Waals surface area contributed by atoms with Crippen LogP contribution in [0.3, 0.4) is 0 Å². The van der Waals surface area contributed by atoms with Gasteiger partial charge >= 0.3 is 13.4 Å². The fraction of sp³-hybridized carbons (Fsp3) is 0.100. The molecule has 3 aliphatic rings. The Hall–Kier alpha value is -1.76. The molecule has 4 bridgehead atoms. The summed E-state index contributed by atoms with van der Waals surface area (Å²) in [6.07, 6.45) is 0. The first kappa shape index (κ1) is 12.0. The van der Waals surface area contributed by atoms with Crippen LogP contribution >= 0.6 is 19.4 Å². The molecule has 1 unspecified atom stereocenters. The summed E-state index contributed by atoms with van der Waals surface area (Å²) in [5, 5.41) is 9.03. The van der Waals surface area contributed by atoms with Crippen molar-refractivity contribution in [2.45, 2.75) is 6.61 Å². The van der Waals surface area contributed by atoms with E-state index >= 15 is 0 Å². The van der Waals surface area contributed by atoms with Crippen LogP contribution in [-0.4, -0.2) is 5.11 Å². The summed E-state index contributed by atoms with van der Waals surface area (Å²) in [6.45, 7) is -0.289. The zero-order valence-corrected chi connectivity index (χ0v) is 11.0. The second-order valence-corrected chi connectivity index (χ2v) is 6.01. The number of rotatable bonds is 0. The van der Waals surface area contributed by atoms with Gasteiger partial charge < -0.3 is 18.6 Å². The van der Waals surface area contributed by atoms with Gasteiger partial charge in [-0.3, -0.25) is 4.52 Å². The van der Waals surface area contributed by atoms with E-state index in [2.05, 4.69) is 0 Å². The molecule has 0 saturated carbocycles. The molecule has 20 heavy (non-hydrogen) atoms. The highest BCUT2D eigenvalue weighted by atomic mass is 35.5. The third-order valence-electron chi connectivity index (χ3n) is 3.00. The number of aromatic hydroxyl groups is 1. The zero-order valence-electron chi connectivity index (χ0n) is 9.31. The van der Waals surface area contributed by atoms with E-state index in [1.807, 2.05) is 0 Å². The van der Waals surface area contributed by atoms with E-state index in [-0.39, 0.29) is 29.1 Å². The van der Waals surface area contributed by atoms with Gasteiger partial charge in [-0.15, -0.1) is 0 Å². The third-order valence-corrected chi connectivity index (χ3v) is 4.61. The molecule has 104 valence electrons. The van der Waals surface area contributed by atoms with E-state index in [1.54, 1.807) is 0 Å². The Bertz CT molecular complexity index is 905. The first-order chi connectivity index (χ1) is 9.41. The molecule has 0 radical (unpaired) electrons. The van der Waals surface area contributed by atoms with Crippen molar-refractivity contribution in [1.82, 2.24) is 0 Å². The van der Waals surface area contributed by atoms with Crippen molar-refractivity contribution < 1.29 is 32.1 Å². The lowest BCUT2D eigenvalue weighted by atomic mass is 10.1. The van der Waals surface area contributed by atoms with Gasteiger partial charge in [0.15, 0.2) is 17.1 Å². The Labute approximate surface area is 114 Å². The monoisotopic (exact) mass is 320 g/mol. The molecular formula is C10H3ClFO7P. The van der Waals surface area contributed by atoms with Crippen LogP contribution in [0.2, 0.25) is 5.02 Å². The predicted octanol–water partition coefficient (Wildman–Crippen LogP) is 2.70. The van der Waals surface area contributed by atoms with Crippen molar-refractivity contribution >= 4 is 30.4 Å². The van der Waals surface area contributed by atoms with Crippen LogP contribution < -0.4 is 14.7 Å². The molecule has 1 N–H and O–H groups in total. The SMILES string of the molecule is O=c1oc2c(F)c(O)c(Cl)c3c2c2c1OP(=O)(OC2)O3. The first-order valence-corrected chi connectivity index (χ1v) is 7.08. The molecule has 2 aromatic rings. The molecule has 0 amide bonds. The highest BCUT2D eigenvalue weighted by molar-refractivity contribution is 7.49. The maximum absolute atomic E-state index is 14.0. The van der Waals surface area contributed by atoms with Gasteiger partial charge in [0.25, 0.3) is 0 Å². The average molecular weight is 321 g/mol. The van der Waals surface area contributed by atoms with E-state index in [4.69, 9.17) is 29.6 Å². The molecule has 7 nitrogen and oxygen atoms in total. The Morgan fingerprint density at radius 3 is 2.75 bits per heavy atom. The number of hydrogen-bond acceptors (Lipinski definition) is 7. The van der Waals surface area contributed by atoms with Crippen molar-refractivity contribution in [1.29, 1.82) is 0 Å². The molecule has 0 aliphatic carbocycles. The van der Waals surface area contributed by atoms with Gasteiger partial charge in [-0.2, -0.15) is 4.39 Å². The molecular weight excluding hydrogens is 318 g/mol. The Balaban J connectivity index is 2.34. The molecule has 3 aliphatic heterocycles. The van der Waals surface area contributed by atoms with Crippen molar-refractivity contribution in [3.8, 4) is 17.2 Å². The minimum absolute atomic E-state index is 0.0462. The lowest BCUT2D eigenvalue weighted by molar-refractivity contribution is 0.185. The van der Waals surface area contributed by atoms with Crippen LogP contribution in [0.5, 0.6) is 17.2 Å². The van der Waals surface area contributed by atoms with E-state index in [0.717, 1.165) is 0 Å². The minimum Gasteiger partial charge on any atom is -0.504 e. The van der Waals surface area contributed by atoms with Gasteiger partial charge in [-0.05, 0) is 0 Å². The second-order valence-electron chi connectivity index (χ2n) is 4.11. The molecule has 0 spiro atoms. The van der Waals surface area contributed by atoms with Crippen LogP contribution in [0.1, 0.15) is 5.56 Å². The lowest BCUT2D eigenvalue weighted by Gasteiger charge is -2.19. The molecule has 4 heterocycles. The van der Waals surface area contributed by atoms with Gasteiger partial charge in [0.1, 0.15) is 5.02 Å². The summed E-state index contributed by atoms with van der Waals surface area (Å²) in [7, 11) is -4.12. The number of phenolic OH excluding ortho intramolecular Hbond substituents is 1. The third kappa shape index (κ3) is 1.28. The number of fused-ring (bicyclic) bond motifs is 1. The van der Waals surface area contributed by atoms with E-state index < -0.39 is 35.6 Å². The van der Waals surface area contributed by atoms with E-state index in [1.165, 1.54) is 0 Å². The van der Waals surface area contributed by atoms with Crippen molar-refractivity contribution in [2.75, 3.05) is 0 Å². The minimum atomic E-state index is -4.12. The van der Waals surface area contributed by atoms with Crippen LogP contribution in [-0.2, 0) is 15.7 Å². The first-order valence-electron chi connectivity index (χ1n) is 5.24. The van der Waals surface area contributed by atoms with E-state index in [9.17, 15) is 18.9 Å². The Morgan fingerprint density at radius 2 is 2.00 bits per heavy atom. The normalized spacial score (nSPS) is 22.7. The molecule has 1 aromatic heterocycles. The van der Waals surface area contributed by atoms with E-state index in [0.29, 0.717) is 0 Å². The summed E-state index contributed by atoms with van der Waals surface area (Å²) in [5.74, 6) is -2.88. The van der Waals surface area contributed by atoms with Crippen molar-refractivity contribution in [2.24, 2.45) is 0 Å². The number of phosphoric acid groups is 1. The smallest absolute Gasteiger partial charge is 0.504 e. The number of halogens is 2. The number of hydrogen-bond donors (Lipinski definition) is 1. The standard InChI is InChI=1S/C10H3ClFO7P/c11-4-6(13)5(12)9-3-2-1-16-20(15,19-8(3)4)18-7(2)10(14)17-9/h13H,1H2. The maximum Gasteiger partial charge on any atom is 0.588 e. The van der Waals surface area contributed by atoms with Gasteiger partial charge in [0.05, 0.1) is 12.0 Å². The highest BCUT2D eigenvalue weighted by Gasteiger charge is 2.45. The average Bonchev–Trinajstić information content (AvgIpc) is 2.62. The van der Waals surface area contributed by atoms with Crippen molar-refractivity contribution in [3.05, 3.63) is 26.8 Å². The van der Waals surface area contributed by atoms with Gasteiger partial charge in [0.2, 0.25) is 11.6 Å². The van der Waals surface area contributed by atoms with Crippen LogP contribution in [0.25, 0.3) is 11.0 Å². The highest BCUT2D eigenvalue weighted by Crippen LogP contribution is 2.61. The van der Waals surface area contributed by atoms with Gasteiger partial charge in [-0.1, -0.05) is 11.6 Å². The van der Waals surface area contributed by atoms with Crippen LogP contribution in [0, 0.1) is 5.82 Å². The Kier molecular flexibility index (Phi) is 2.08. The van der Waals surface area contributed by atoms with Crippen molar-refractivity contribution in [3.63, 3.8) is 0 Å². The molecule has 10 heteroatoms. The molecule has 0 saturated heterocycles. The Morgan fingerprint density at radius 1 is 1.30 bits per heavy atom.